The summed E-state index contributed by atoms with van der Waals surface area (Å²) in [6.45, 7) is 1.18. The zero-order valence-corrected chi connectivity index (χ0v) is 16.9. The van der Waals surface area contributed by atoms with Gasteiger partial charge in [-0.15, -0.1) is 0 Å². The summed E-state index contributed by atoms with van der Waals surface area (Å²) in [4.78, 5) is 24.8. The van der Waals surface area contributed by atoms with Crippen molar-refractivity contribution in [3.63, 3.8) is 0 Å². The number of ether oxygens (including phenoxy) is 1. The van der Waals surface area contributed by atoms with Crippen LogP contribution in [0.3, 0.4) is 0 Å². The molecule has 12 heteroatoms. The van der Waals surface area contributed by atoms with Gasteiger partial charge in [0, 0.05) is 26.0 Å². The molecule has 0 bridgehead atoms. The minimum Gasteiger partial charge on any atom is -0.471 e. The number of hydrogen-bond acceptors (Lipinski definition) is 6. The quantitative estimate of drug-likeness (QED) is 0.575. The Hall–Kier alpha value is -2.72. The summed E-state index contributed by atoms with van der Waals surface area (Å²) in [7, 11) is 1.65. The molecule has 0 aliphatic carbocycles. The Kier molecular flexibility index (Phi) is 6.33. The molecule has 0 spiro atoms. The number of nitrogens with one attached hydrogen (secondary N) is 2. The number of carbonyl (C=O) groups is 1. The van der Waals surface area contributed by atoms with Gasteiger partial charge in [-0.25, -0.2) is 13.8 Å². The Balaban J connectivity index is 2.07. The van der Waals surface area contributed by atoms with E-state index in [0.717, 1.165) is 0 Å². The summed E-state index contributed by atoms with van der Waals surface area (Å²) in [5, 5.41) is 6.14. The fraction of sp³-hybridized carbons (Fsp3) is 0.294. The average Bonchev–Trinajstić information content (AvgIpc) is 2.97. The predicted molar refractivity (Wildman–Crippen MR) is 106 cm³/mol. The summed E-state index contributed by atoms with van der Waals surface area (Å²) in [5.41, 5.74) is 1.05. The Morgan fingerprint density at radius 2 is 1.97 bits per heavy atom. The van der Waals surface area contributed by atoms with E-state index in [-0.39, 0.29) is 21.5 Å². The minimum absolute atomic E-state index is 0.00428. The monoisotopic (exact) mass is 444 g/mol. The first kappa shape index (κ1) is 21.0. The van der Waals surface area contributed by atoms with Gasteiger partial charge in [0.2, 0.25) is 11.8 Å². The third-order valence-electron chi connectivity index (χ3n) is 3.83. The van der Waals surface area contributed by atoms with E-state index in [9.17, 15) is 13.6 Å². The highest BCUT2D eigenvalue weighted by molar-refractivity contribution is 6.39. The van der Waals surface area contributed by atoms with E-state index in [0.29, 0.717) is 29.3 Å². The fourth-order valence-corrected chi connectivity index (χ4v) is 2.98. The van der Waals surface area contributed by atoms with Gasteiger partial charge in [0.25, 0.3) is 12.3 Å². The van der Waals surface area contributed by atoms with Crippen LogP contribution in [0.1, 0.15) is 17.3 Å². The van der Waals surface area contributed by atoms with Gasteiger partial charge in [-0.3, -0.25) is 14.3 Å². The van der Waals surface area contributed by atoms with E-state index in [2.05, 4.69) is 25.6 Å². The maximum atomic E-state index is 12.6. The maximum absolute atomic E-state index is 12.6. The summed E-state index contributed by atoms with van der Waals surface area (Å²) < 4.78 is 31.8. The van der Waals surface area contributed by atoms with Crippen LogP contribution in [0.25, 0.3) is 11.2 Å². The largest absolute Gasteiger partial charge is 0.471 e. The van der Waals surface area contributed by atoms with Gasteiger partial charge < -0.3 is 15.4 Å². The lowest BCUT2D eigenvalue weighted by molar-refractivity contribution is 0.0774. The lowest BCUT2D eigenvalue weighted by Gasteiger charge is -2.11. The number of halogens is 4. The number of carbonyl (C=O) groups excluding carboxylic acids is 1. The molecule has 0 unspecified atom stereocenters. The first-order valence-electron chi connectivity index (χ1n) is 8.44. The molecule has 1 amide bonds. The number of aryl methyl sites for hydroxylation is 1. The standard InChI is InChI=1S/C17H16Cl2F2N6O2/c1-3-23-15(28)8-4-11-14(26-16(8)29-7-12(20)21)27(2)17(24-11)25-13-9(18)5-22-6-10(13)19/h4-6,12H,3,7H2,1-2H3,(H,23,28)(H,22,24,25). The van der Waals surface area contributed by atoms with Gasteiger partial charge >= 0.3 is 0 Å². The van der Waals surface area contributed by atoms with Gasteiger partial charge in [0.05, 0.1) is 15.7 Å². The molecule has 0 atom stereocenters. The van der Waals surface area contributed by atoms with E-state index in [4.69, 9.17) is 27.9 Å². The molecule has 0 fully saturated rings. The first-order chi connectivity index (χ1) is 13.8. The smallest absolute Gasteiger partial charge is 0.272 e. The SMILES string of the molecule is CCNC(=O)c1cc2nc(Nc3c(Cl)cncc3Cl)n(C)c2nc1OCC(F)F. The molecule has 0 aliphatic heterocycles. The predicted octanol–water partition coefficient (Wildman–Crippen LogP) is 3.81. The maximum Gasteiger partial charge on any atom is 0.272 e. The molecule has 3 rings (SSSR count). The summed E-state index contributed by atoms with van der Waals surface area (Å²) >= 11 is 12.2. The number of alkyl halides is 2. The van der Waals surface area contributed by atoms with Crippen molar-refractivity contribution >= 4 is 51.9 Å². The van der Waals surface area contributed by atoms with Crippen LogP contribution < -0.4 is 15.4 Å². The Morgan fingerprint density at radius 3 is 2.59 bits per heavy atom. The third-order valence-corrected chi connectivity index (χ3v) is 4.40. The molecule has 0 radical (unpaired) electrons. The van der Waals surface area contributed by atoms with Crippen LogP contribution >= 0.6 is 23.2 Å². The van der Waals surface area contributed by atoms with Crippen LogP contribution in [0.4, 0.5) is 20.4 Å². The molecule has 0 saturated heterocycles. The highest BCUT2D eigenvalue weighted by Crippen LogP contribution is 2.32. The van der Waals surface area contributed by atoms with Crippen molar-refractivity contribution in [2.24, 2.45) is 7.05 Å². The highest BCUT2D eigenvalue weighted by Gasteiger charge is 2.21. The molecule has 3 heterocycles. The third kappa shape index (κ3) is 4.48. The second-order valence-corrected chi connectivity index (χ2v) is 6.66. The molecule has 0 aromatic carbocycles. The molecule has 3 aromatic heterocycles. The van der Waals surface area contributed by atoms with Crippen molar-refractivity contribution in [1.82, 2.24) is 24.8 Å². The Bertz CT molecular complexity index is 1040. The van der Waals surface area contributed by atoms with Crippen LogP contribution in [-0.4, -0.2) is 45.0 Å². The number of rotatable bonds is 7. The van der Waals surface area contributed by atoms with E-state index >= 15 is 0 Å². The molecular formula is C17H16Cl2F2N6O2. The van der Waals surface area contributed by atoms with Crippen LogP contribution in [0.2, 0.25) is 10.0 Å². The molecule has 8 nitrogen and oxygen atoms in total. The van der Waals surface area contributed by atoms with E-state index in [1.54, 1.807) is 18.5 Å². The lowest BCUT2D eigenvalue weighted by atomic mass is 10.2. The van der Waals surface area contributed by atoms with Crippen molar-refractivity contribution < 1.29 is 18.3 Å². The lowest BCUT2D eigenvalue weighted by Crippen LogP contribution is -2.24. The molecule has 0 saturated carbocycles. The van der Waals surface area contributed by atoms with Gasteiger partial charge in [-0.2, -0.15) is 4.98 Å². The molecular weight excluding hydrogens is 429 g/mol. The average molecular weight is 445 g/mol. The van der Waals surface area contributed by atoms with Crippen LogP contribution in [0.5, 0.6) is 5.88 Å². The molecule has 3 aromatic rings. The fourth-order valence-electron chi connectivity index (χ4n) is 2.52. The number of nitrogens with zero attached hydrogens (tertiary/aromatic N) is 4. The second-order valence-electron chi connectivity index (χ2n) is 5.84. The summed E-state index contributed by atoms with van der Waals surface area (Å²) in [5.74, 6) is -0.403. The summed E-state index contributed by atoms with van der Waals surface area (Å²) in [6, 6.07) is 1.43. The number of imidazole rings is 1. The Morgan fingerprint density at radius 1 is 1.28 bits per heavy atom. The first-order valence-corrected chi connectivity index (χ1v) is 9.20. The summed E-state index contributed by atoms with van der Waals surface area (Å²) in [6.07, 6.45) is 0.120. The number of amides is 1. The molecule has 154 valence electrons. The van der Waals surface area contributed by atoms with Gasteiger partial charge in [0.15, 0.2) is 12.3 Å². The number of pyridine rings is 2. The van der Waals surface area contributed by atoms with Crippen molar-refractivity contribution in [1.29, 1.82) is 0 Å². The number of anilines is 2. The van der Waals surface area contributed by atoms with E-state index in [1.165, 1.54) is 18.5 Å². The molecule has 2 N–H and O–H groups in total. The topological polar surface area (TPSA) is 94.0 Å². The zero-order valence-electron chi connectivity index (χ0n) is 15.3. The van der Waals surface area contributed by atoms with Crippen molar-refractivity contribution in [2.75, 3.05) is 18.5 Å². The van der Waals surface area contributed by atoms with E-state index in [1.807, 2.05) is 0 Å². The number of hydrogen-bond donors (Lipinski definition) is 2. The minimum atomic E-state index is -2.71. The van der Waals surface area contributed by atoms with Crippen LogP contribution in [0.15, 0.2) is 18.5 Å². The highest BCUT2D eigenvalue weighted by atomic mass is 35.5. The van der Waals surface area contributed by atoms with Crippen LogP contribution in [-0.2, 0) is 7.05 Å². The van der Waals surface area contributed by atoms with Crippen molar-refractivity contribution in [3.05, 3.63) is 34.1 Å². The second kappa shape index (κ2) is 8.75. The molecule has 29 heavy (non-hydrogen) atoms. The molecule has 0 aliphatic rings. The van der Waals surface area contributed by atoms with E-state index < -0.39 is 18.9 Å². The van der Waals surface area contributed by atoms with Gasteiger partial charge in [-0.05, 0) is 13.0 Å². The van der Waals surface area contributed by atoms with Crippen LogP contribution in [0, 0.1) is 0 Å². The van der Waals surface area contributed by atoms with Gasteiger partial charge in [-0.1, -0.05) is 23.2 Å². The zero-order chi connectivity index (χ0) is 21.1. The van der Waals surface area contributed by atoms with Crippen molar-refractivity contribution in [2.45, 2.75) is 13.3 Å². The van der Waals surface area contributed by atoms with Gasteiger partial charge in [0.1, 0.15) is 11.1 Å². The number of aromatic nitrogens is 4. The normalized spacial score (nSPS) is 11.1. The Labute approximate surface area is 174 Å². The number of fused-ring (bicyclic) bond motifs is 1. The van der Waals surface area contributed by atoms with Crippen molar-refractivity contribution in [3.8, 4) is 5.88 Å².